The minimum Gasteiger partial charge on any atom is -0.465 e. The molecule has 6 heteroatoms. The predicted molar refractivity (Wildman–Crippen MR) is 72.3 cm³/mol. The highest BCUT2D eigenvalue weighted by atomic mass is 16.5. The van der Waals surface area contributed by atoms with Crippen LogP contribution in [0.25, 0.3) is 0 Å². The molecule has 0 aliphatic rings. The van der Waals surface area contributed by atoms with E-state index in [1.54, 1.807) is 36.5 Å². The summed E-state index contributed by atoms with van der Waals surface area (Å²) >= 11 is 0. The molecule has 0 saturated carbocycles. The fourth-order valence-corrected chi connectivity index (χ4v) is 1.68. The molecule has 0 aliphatic heterocycles. The summed E-state index contributed by atoms with van der Waals surface area (Å²) in [7, 11) is 3.11. The highest BCUT2D eigenvalue weighted by Crippen LogP contribution is 2.25. The first kappa shape index (κ1) is 12.8. The maximum atomic E-state index is 11.8. The van der Waals surface area contributed by atoms with Crippen LogP contribution in [0.2, 0.25) is 0 Å². The van der Waals surface area contributed by atoms with Crippen molar-refractivity contribution in [3.63, 3.8) is 0 Å². The standard InChI is InChI=1S/C13H14N4O2/c1-17(10-4-3-5-15-8-10)12-11(13(18)19-2)6-9(14)7-16-12/h3-8H,14H2,1-2H3. The lowest BCUT2D eigenvalue weighted by atomic mass is 10.2. The average Bonchev–Trinajstić information content (AvgIpc) is 2.46. The Bertz CT molecular complexity index is 586. The van der Waals surface area contributed by atoms with Crippen molar-refractivity contribution in [2.24, 2.45) is 0 Å². The van der Waals surface area contributed by atoms with Crippen LogP contribution in [-0.2, 0) is 4.74 Å². The van der Waals surface area contributed by atoms with Crippen LogP contribution in [0.1, 0.15) is 10.4 Å². The molecule has 0 radical (unpaired) electrons. The fourth-order valence-electron chi connectivity index (χ4n) is 1.68. The molecule has 2 aromatic heterocycles. The molecular weight excluding hydrogens is 244 g/mol. The van der Waals surface area contributed by atoms with E-state index in [1.165, 1.54) is 13.3 Å². The van der Waals surface area contributed by atoms with Crippen molar-refractivity contribution in [2.45, 2.75) is 0 Å². The van der Waals surface area contributed by atoms with Crippen LogP contribution in [0.15, 0.2) is 36.8 Å². The summed E-state index contributed by atoms with van der Waals surface area (Å²) in [5.41, 5.74) is 7.19. The summed E-state index contributed by atoms with van der Waals surface area (Å²) < 4.78 is 4.74. The molecular formula is C13H14N4O2. The van der Waals surface area contributed by atoms with Gasteiger partial charge in [-0.2, -0.15) is 0 Å². The Hall–Kier alpha value is -2.63. The molecule has 0 unspecified atom stereocenters. The number of esters is 1. The van der Waals surface area contributed by atoms with Crippen molar-refractivity contribution in [3.05, 3.63) is 42.4 Å². The smallest absolute Gasteiger partial charge is 0.341 e. The van der Waals surface area contributed by atoms with Crippen LogP contribution in [0.5, 0.6) is 0 Å². The Balaban J connectivity index is 2.47. The van der Waals surface area contributed by atoms with E-state index in [4.69, 9.17) is 10.5 Å². The van der Waals surface area contributed by atoms with Gasteiger partial charge in [0, 0.05) is 13.2 Å². The predicted octanol–water partition coefficient (Wildman–Crippen LogP) is 1.61. The monoisotopic (exact) mass is 258 g/mol. The van der Waals surface area contributed by atoms with Gasteiger partial charge >= 0.3 is 5.97 Å². The molecule has 0 fully saturated rings. The molecule has 6 nitrogen and oxygen atoms in total. The van der Waals surface area contributed by atoms with E-state index in [9.17, 15) is 4.79 Å². The lowest BCUT2D eigenvalue weighted by Gasteiger charge is -2.20. The minimum absolute atomic E-state index is 0.314. The van der Waals surface area contributed by atoms with Crippen LogP contribution in [0.3, 0.4) is 0 Å². The number of carbonyl (C=O) groups excluding carboxylic acids is 1. The summed E-state index contributed by atoms with van der Waals surface area (Å²) in [6.45, 7) is 0. The van der Waals surface area contributed by atoms with Gasteiger partial charge < -0.3 is 15.4 Å². The van der Waals surface area contributed by atoms with Crippen molar-refractivity contribution in [1.29, 1.82) is 0 Å². The van der Waals surface area contributed by atoms with E-state index in [-0.39, 0.29) is 0 Å². The van der Waals surface area contributed by atoms with Crippen molar-refractivity contribution < 1.29 is 9.53 Å². The van der Waals surface area contributed by atoms with Gasteiger partial charge in [0.05, 0.1) is 30.9 Å². The number of nitrogen functional groups attached to an aromatic ring is 1. The molecule has 0 atom stereocenters. The molecule has 2 aromatic rings. The van der Waals surface area contributed by atoms with Crippen LogP contribution in [-0.4, -0.2) is 30.1 Å². The number of methoxy groups -OCH3 is 1. The molecule has 2 heterocycles. The van der Waals surface area contributed by atoms with Gasteiger partial charge in [0.2, 0.25) is 0 Å². The van der Waals surface area contributed by atoms with Gasteiger partial charge in [0.1, 0.15) is 11.4 Å². The number of ether oxygens (including phenoxy) is 1. The molecule has 98 valence electrons. The Morgan fingerprint density at radius 3 is 2.84 bits per heavy atom. The van der Waals surface area contributed by atoms with Crippen molar-refractivity contribution in [3.8, 4) is 0 Å². The molecule has 0 aromatic carbocycles. The first-order valence-electron chi connectivity index (χ1n) is 5.61. The first-order chi connectivity index (χ1) is 9.13. The Labute approximate surface area is 110 Å². The third-order valence-corrected chi connectivity index (χ3v) is 2.64. The number of hydrogen-bond donors (Lipinski definition) is 1. The zero-order valence-electron chi connectivity index (χ0n) is 10.7. The Morgan fingerprint density at radius 1 is 1.42 bits per heavy atom. The van der Waals surface area contributed by atoms with Crippen molar-refractivity contribution in [2.75, 3.05) is 24.8 Å². The van der Waals surface area contributed by atoms with Crippen LogP contribution >= 0.6 is 0 Å². The van der Waals surface area contributed by atoms with E-state index in [0.29, 0.717) is 17.1 Å². The number of nitrogens with two attached hydrogens (primary N) is 1. The fraction of sp³-hybridized carbons (Fsp3) is 0.154. The number of pyridine rings is 2. The third-order valence-electron chi connectivity index (χ3n) is 2.64. The maximum Gasteiger partial charge on any atom is 0.341 e. The van der Waals surface area contributed by atoms with Gasteiger partial charge in [0.25, 0.3) is 0 Å². The van der Waals surface area contributed by atoms with Crippen LogP contribution < -0.4 is 10.6 Å². The molecule has 0 saturated heterocycles. The van der Waals surface area contributed by atoms with E-state index in [2.05, 4.69) is 9.97 Å². The first-order valence-corrected chi connectivity index (χ1v) is 5.61. The summed E-state index contributed by atoms with van der Waals surface area (Å²) in [5.74, 6) is -0.0143. The number of anilines is 3. The number of hydrogen-bond acceptors (Lipinski definition) is 6. The second-order valence-corrected chi connectivity index (χ2v) is 3.90. The van der Waals surface area contributed by atoms with E-state index < -0.39 is 5.97 Å². The van der Waals surface area contributed by atoms with Gasteiger partial charge in [-0.05, 0) is 18.2 Å². The van der Waals surface area contributed by atoms with Gasteiger partial charge in [-0.25, -0.2) is 9.78 Å². The zero-order valence-corrected chi connectivity index (χ0v) is 10.7. The second-order valence-electron chi connectivity index (χ2n) is 3.90. The molecule has 0 aliphatic carbocycles. The Kier molecular flexibility index (Phi) is 3.61. The average molecular weight is 258 g/mol. The van der Waals surface area contributed by atoms with E-state index in [0.717, 1.165) is 5.69 Å². The largest absolute Gasteiger partial charge is 0.465 e. The van der Waals surface area contributed by atoms with Gasteiger partial charge in [-0.15, -0.1) is 0 Å². The topological polar surface area (TPSA) is 81.3 Å². The lowest BCUT2D eigenvalue weighted by molar-refractivity contribution is 0.0601. The molecule has 0 spiro atoms. The molecule has 0 amide bonds. The summed E-state index contributed by atoms with van der Waals surface area (Å²) in [6, 6.07) is 5.22. The second kappa shape index (κ2) is 5.34. The normalized spacial score (nSPS) is 10.0. The third kappa shape index (κ3) is 2.62. The molecule has 0 bridgehead atoms. The maximum absolute atomic E-state index is 11.8. The highest BCUT2D eigenvalue weighted by molar-refractivity contribution is 5.96. The number of nitrogens with zero attached hydrogens (tertiary/aromatic N) is 3. The number of aromatic nitrogens is 2. The van der Waals surface area contributed by atoms with E-state index >= 15 is 0 Å². The quantitative estimate of drug-likeness (QED) is 0.842. The summed E-state index contributed by atoms with van der Waals surface area (Å²) in [6.07, 6.45) is 4.85. The van der Waals surface area contributed by atoms with Gasteiger partial charge in [-0.3, -0.25) is 4.98 Å². The lowest BCUT2D eigenvalue weighted by Crippen LogP contribution is -2.17. The number of carbonyl (C=O) groups is 1. The SMILES string of the molecule is COC(=O)c1cc(N)cnc1N(C)c1cccnc1. The van der Waals surface area contributed by atoms with Crippen LogP contribution in [0.4, 0.5) is 17.2 Å². The van der Waals surface area contributed by atoms with Crippen molar-refractivity contribution >= 4 is 23.2 Å². The zero-order chi connectivity index (χ0) is 13.8. The summed E-state index contributed by atoms with van der Waals surface area (Å²) in [4.78, 5) is 21.7. The Morgan fingerprint density at radius 2 is 2.21 bits per heavy atom. The molecule has 19 heavy (non-hydrogen) atoms. The summed E-state index contributed by atoms with van der Waals surface area (Å²) in [5, 5.41) is 0. The van der Waals surface area contributed by atoms with Gasteiger partial charge in [0.15, 0.2) is 0 Å². The van der Waals surface area contributed by atoms with Crippen LogP contribution in [0, 0.1) is 0 Å². The molecule has 2 rings (SSSR count). The highest BCUT2D eigenvalue weighted by Gasteiger charge is 2.18. The molecule has 2 N–H and O–H groups in total. The number of rotatable bonds is 3. The minimum atomic E-state index is -0.481. The van der Waals surface area contributed by atoms with Gasteiger partial charge in [-0.1, -0.05) is 0 Å². The van der Waals surface area contributed by atoms with Crippen molar-refractivity contribution in [1.82, 2.24) is 9.97 Å². The van der Waals surface area contributed by atoms with E-state index in [1.807, 2.05) is 6.07 Å².